The molecule has 0 fully saturated rings. The van der Waals surface area contributed by atoms with Gasteiger partial charge in [0.1, 0.15) is 0 Å². The number of carbonyl (C=O) groups is 2. The minimum atomic E-state index is -0.398. The lowest BCUT2D eigenvalue weighted by Gasteiger charge is -2.04. The van der Waals surface area contributed by atoms with Crippen molar-refractivity contribution in [2.75, 3.05) is 13.7 Å². The molecule has 0 aliphatic rings. The molecule has 0 aromatic heterocycles. The van der Waals surface area contributed by atoms with Crippen LogP contribution < -0.4 is 0 Å². The van der Waals surface area contributed by atoms with Crippen LogP contribution in [0.2, 0.25) is 0 Å². The molecule has 0 N–H and O–H groups in total. The predicted octanol–water partition coefficient (Wildman–Crippen LogP) is 1.98. The van der Waals surface area contributed by atoms with E-state index < -0.39 is 5.97 Å². The van der Waals surface area contributed by atoms with Gasteiger partial charge >= 0.3 is 11.9 Å². The lowest BCUT2D eigenvalue weighted by atomic mass is 10.0. The molecule has 0 radical (unpaired) electrons. The smallest absolute Gasteiger partial charge is 0.330 e. The van der Waals surface area contributed by atoms with Crippen LogP contribution in [0.3, 0.4) is 0 Å². The van der Waals surface area contributed by atoms with Crippen LogP contribution in [0.4, 0.5) is 0 Å². The standard InChI is InChI=1S/C14H16O4/c1-3-18-13(15)9-8-11-6-4-5-7-12(11)10-14(16)17-2/h4-9H,3,10H2,1-2H3. The van der Waals surface area contributed by atoms with Crippen molar-refractivity contribution in [3.05, 3.63) is 41.5 Å². The van der Waals surface area contributed by atoms with Gasteiger partial charge in [-0.25, -0.2) is 4.79 Å². The van der Waals surface area contributed by atoms with Gasteiger partial charge < -0.3 is 9.47 Å². The molecule has 4 nitrogen and oxygen atoms in total. The van der Waals surface area contributed by atoms with Gasteiger partial charge in [-0.05, 0) is 24.1 Å². The predicted molar refractivity (Wildman–Crippen MR) is 67.8 cm³/mol. The zero-order valence-corrected chi connectivity index (χ0v) is 10.5. The van der Waals surface area contributed by atoms with Crippen molar-refractivity contribution >= 4 is 18.0 Å². The van der Waals surface area contributed by atoms with Crippen molar-refractivity contribution in [1.29, 1.82) is 0 Å². The van der Waals surface area contributed by atoms with E-state index in [4.69, 9.17) is 4.74 Å². The Morgan fingerprint density at radius 3 is 2.67 bits per heavy atom. The van der Waals surface area contributed by atoms with E-state index in [2.05, 4.69) is 4.74 Å². The molecule has 0 saturated carbocycles. The highest BCUT2D eigenvalue weighted by Crippen LogP contribution is 2.12. The highest BCUT2D eigenvalue weighted by molar-refractivity contribution is 5.87. The first-order valence-corrected chi connectivity index (χ1v) is 5.67. The first kappa shape index (κ1) is 14.0. The summed E-state index contributed by atoms with van der Waals surface area (Å²) >= 11 is 0. The van der Waals surface area contributed by atoms with Crippen LogP contribution in [0, 0.1) is 0 Å². The summed E-state index contributed by atoms with van der Waals surface area (Å²) in [7, 11) is 1.35. The molecule has 0 atom stereocenters. The zero-order valence-electron chi connectivity index (χ0n) is 10.5. The highest BCUT2D eigenvalue weighted by atomic mass is 16.5. The summed E-state index contributed by atoms with van der Waals surface area (Å²) < 4.78 is 9.41. The van der Waals surface area contributed by atoms with Crippen LogP contribution in [0.5, 0.6) is 0 Å². The molecule has 1 aromatic carbocycles. The molecule has 4 heteroatoms. The van der Waals surface area contributed by atoms with E-state index in [9.17, 15) is 9.59 Å². The van der Waals surface area contributed by atoms with Crippen molar-refractivity contribution in [3.8, 4) is 0 Å². The fourth-order valence-electron chi connectivity index (χ4n) is 1.43. The lowest BCUT2D eigenvalue weighted by Crippen LogP contribution is -2.05. The summed E-state index contributed by atoms with van der Waals surface area (Å²) in [5.74, 6) is -0.711. The molecule has 0 aliphatic heterocycles. The second kappa shape index (κ2) is 7.27. The maximum Gasteiger partial charge on any atom is 0.330 e. The minimum absolute atomic E-state index is 0.180. The van der Waals surface area contributed by atoms with Crippen molar-refractivity contribution in [2.45, 2.75) is 13.3 Å². The molecule has 0 amide bonds. The average molecular weight is 248 g/mol. The maximum absolute atomic E-state index is 11.2. The topological polar surface area (TPSA) is 52.6 Å². The Balaban J connectivity index is 2.82. The molecule has 0 bridgehead atoms. The fraction of sp³-hybridized carbons (Fsp3) is 0.286. The number of ether oxygens (including phenoxy) is 2. The third kappa shape index (κ3) is 4.41. The van der Waals surface area contributed by atoms with Gasteiger partial charge in [-0.15, -0.1) is 0 Å². The molecule has 1 aromatic rings. The first-order chi connectivity index (χ1) is 8.67. The summed E-state index contributed by atoms with van der Waals surface area (Å²) in [6.07, 6.45) is 3.16. The Kier molecular flexibility index (Phi) is 5.64. The van der Waals surface area contributed by atoms with Gasteiger partial charge in [-0.2, -0.15) is 0 Å². The molecule has 0 aliphatic carbocycles. The number of hydrogen-bond acceptors (Lipinski definition) is 4. The first-order valence-electron chi connectivity index (χ1n) is 5.67. The van der Waals surface area contributed by atoms with E-state index >= 15 is 0 Å². The van der Waals surface area contributed by atoms with E-state index in [1.807, 2.05) is 24.3 Å². The molecule has 0 spiro atoms. The number of methoxy groups -OCH3 is 1. The quantitative estimate of drug-likeness (QED) is 0.590. The summed E-state index contributed by atoms with van der Waals surface area (Å²) in [4.78, 5) is 22.4. The van der Waals surface area contributed by atoms with Crippen LogP contribution in [0.1, 0.15) is 18.1 Å². The van der Waals surface area contributed by atoms with E-state index in [1.165, 1.54) is 13.2 Å². The monoisotopic (exact) mass is 248 g/mol. The van der Waals surface area contributed by atoms with Gasteiger partial charge in [0.25, 0.3) is 0 Å². The van der Waals surface area contributed by atoms with Crippen LogP contribution in [-0.4, -0.2) is 25.7 Å². The van der Waals surface area contributed by atoms with Crippen LogP contribution in [0.15, 0.2) is 30.3 Å². The molecular weight excluding hydrogens is 232 g/mol. The maximum atomic E-state index is 11.2. The summed E-state index contributed by atoms with van der Waals surface area (Å²) in [6.45, 7) is 2.09. The van der Waals surface area contributed by atoms with Gasteiger partial charge in [0, 0.05) is 6.08 Å². The number of carbonyl (C=O) groups excluding carboxylic acids is 2. The Morgan fingerprint density at radius 2 is 2.00 bits per heavy atom. The van der Waals surface area contributed by atoms with Crippen molar-refractivity contribution in [2.24, 2.45) is 0 Å². The van der Waals surface area contributed by atoms with Gasteiger partial charge in [0.05, 0.1) is 20.1 Å². The minimum Gasteiger partial charge on any atom is -0.469 e. The molecule has 96 valence electrons. The summed E-state index contributed by atoms with van der Waals surface area (Å²) in [6, 6.07) is 7.32. The Bertz CT molecular complexity index is 449. The normalized spacial score (nSPS) is 10.3. The van der Waals surface area contributed by atoms with Crippen molar-refractivity contribution in [3.63, 3.8) is 0 Å². The molecule has 0 heterocycles. The van der Waals surface area contributed by atoms with Crippen LogP contribution in [0.25, 0.3) is 6.08 Å². The van der Waals surface area contributed by atoms with E-state index in [0.29, 0.717) is 6.61 Å². The van der Waals surface area contributed by atoms with E-state index in [-0.39, 0.29) is 12.4 Å². The van der Waals surface area contributed by atoms with Crippen molar-refractivity contribution < 1.29 is 19.1 Å². The van der Waals surface area contributed by atoms with Gasteiger partial charge in [0.2, 0.25) is 0 Å². The molecule has 18 heavy (non-hydrogen) atoms. The Morgan fingerprint density at radius 1 is 1.28 bits per heavy atom. The number of benzene rings is 1. The summed E-state index contributed by atoms with van der Waals surface area (Å²) in [5.41, 5.74) is 1.61. The largest absolute Gasteiger partial charge is 0.469 e. The SMILES string of the molecule is CCOC(=O)C=Cc1ccccc1CC(=O)OC. The van der Waals surface area contributed by atoms with E-state index in [0.717, 1.165) is 11.1 Å². The number of hydrogen-bond donors (Lipinski definition) is 0. The zero-order chi connectivity index (χ0) is 13.4. The molecule has 0 unspecified atom stereocenters. The Labute approximate surface area is 106 Å². The number of esters is 2. The van der Waals surface area contributed by atoms with Gasteiger partial charge in [-0.3, -0.25) is 4.79 Å². The van der Waals surface area contributed by atoms with Gasteiger partial charge in [0.15, 0.2) is 0 Å². The molecule has 0 saturated heterocycles. The third-order valence-electron chi connectivity index (χ3n) is 2.30. The van der Waals surface area contributed by atoms with Crippen molar-refractivity contribution in [1.82, 2.24) is 0 Å². The Hall–Kier alpha value is -2.10. The third-order valence-corrected chi connectivity index (χ3v) is 2.30. The molecular formula is C14H16O4. The van der Waals surface area contributed by atoms with E-state index in [1.54, 1.807) is 13.0 Å². The second-order valence-corrected chi connectivity index (χ2v) is 3.54. The molecule has 1 rings (SSSR count). The average Bonchev–Trinajstić information content (AvgIpc) is 2.38. The van der Waals surface area contributed by atoms with Crippen LogP contribution in [-0.2, 0) is 25.5 Å². The second-order valence-electron chi connectivity index (χ2n) is 3.54. The number of rotatable bonds is 5. The van der Waals surface area contributed by atoms with Crippen LogP contribution >= 0.6 is 0 Å². The lowest BCUT2D eigenvalue weighted by molar-refractivity contribution is -0.140. The fourth-order valence-corrected chi connectivity index (χ4v) is 1.43. The summed E-state index contributed by atoms with van der Waals surface area (Å²) in [5, 5.41) is 0. The van der Waals surface area contributed by atoms with Gasteiger partial charge in [-0.1, -0.05) is 24.3 Å². The highest BCUT2D eigenvalue weighted by Gasteiger charge is 2.06.